The molecule has 7 nitrogen and oxygen atoms in total. The van der Waals surface area contributed by atoms with E-state index in [9.17, 15) is 4.79 Å². The predicted molar refractivity (Wildman–Crippen MR) is 96.4 cm³/mol. The van der Waals surface area contributed by atoms with Crippen molar-refractivity contribution in [3.05, 3.63) is 41.7 Å². The first kappa shape index (κ1) is 18.5. The third-order valence-corrected chi connectivity index (χ3v) is 3.57. The van der Waals surface area contributed by atoms with Gasteiger partial charge in [0.1, 0.15) is 5.69 Å². The summed E-state index contributed by atoms with van der Waals surface area (Å²) in [6.07, 6.45) is 3.22. The van der Waals surface area contributed by atoms with Crippen molar-refractivity contribution in [2.75, 3.05) is 32.6 Å². The quantitative estimate of drug-likeness (QED) is 0.726. The first-order valence-electron chi connectivity index (χ1n) is 8.24. The molecule has 7 heteroatoms. The number of rotatable bonds is 9. The van der Waals surface area contributed by atoms with Gasteiger partial charge in [-0.15, -0.1) is 0 Å². The van der Waals surface area contributed by atoms with Crippen molar-refractivity contribution in [3.63, 3.8) is 0 Å². The normalized spacial score (nSPS) is 10.2. The molecule has 2 rings (SSSR count). The number of hydrogen-bond donors (Lipinski definition) is 2. The minimum Gasteiger partial charge on any atom is -0.493 e. The van der Waals surface area contributed by atoms with Gasteiger partial charge in [0.2, 0.25) is 5.95 Å². The molecule has 2 aromatic rings. The van der Waals surface area contributed by atoms with Crippen molar-refractivity contribution in [1.29, 1.82) is 0 Å². The molecule has 1 aromatic carbocycles. The Labute approximate surface area is 147 Å². The van der Waals surface area contributed by atoms with E-state index in [0.717, 1.165) is 18.5 Å². The summed E-state index contributed by atoms with van der Waals surface area (Å²) in [7, 11) is 3.20. The Kier molecular flexibility index (Phi) is 7.00. The number of methoxy groups -OCH3 is 2. The Morgan fingerprint density at radius 2 is 1.92 bits per heavy atom. The van der Waals surface area contributed by atoms with Crippen LogP contribution in [0, 0.1) is 0 Å². The molecule has 0 aliphatic carbocycles. The summed E-state index contributed by atoms with van der Waals surface area (Å²) in [4.78, 5) is 20.5. The monoisotopic (exact) mass is 344 g/mol. The molecule has 25 heavy (non-hydrogen) atoms. The fourth-order valence-electron chi connectivity index (χ4n) is 2.25. The van der Waals surface area contributed by atoms with Crippen molar-refractivity contribution in [3.8, 4) is 11.5 Å². The summed E-state index contributed by atoms with van der Waals surface area (Å²) in [5, 5.41) is 5.93. The summed E-state index contributed by atoms with van der Waals surface area (Å²) in [5.74, 6) is 1.61. The Hall–Kier alpha value is -2.83. The molecule has 0 atom stereocenters. The molecule has 1 heterocycles. The van der Waals surface area contributed by atoms with Gasteiger partial charge in [0, 0.05) is 19.3 Å². The average Bonchev–Trinajstić information content (AvgIpc) is 2.66. The van der Waals surface area contributed by atoms with Gasteiger partial charge in [0.25, 0.3) is 5.91 Å². The number of hydrogen-bond acceptors (Lipinski definition) is 6. The highest BCUT2D eigenvalue weighted by Crippen LogP contribution is 2.27. The van der Waals surface area contributed by atoms with Crippen LogP contribution in [-0.2, 0) is 6.42 Å². The van der Waals surface area contributed by atoms with Gasteiger partial charge < -0.3 is 20.1 Å². The van der Waals surface area contributed by atoms with Crippen molar-refractivity contribution in [2.45, 2.75) is 19.8 Å². The van der Waals surface area contributed by atoms with E-state index >= 15 is 0 Å². The molecule has 0 aliphatic heterocycles. The molecule has 0 bridgehead atoms. The Bertz CT molecular complexity index is 706. The average molecular weight is 344 g/mol. The molecule has 1 amide bonds. The first-order valence-corrected chi connectivity index (χ1v) is 8.24. The summed E-state index contributed by atoms with van der Waals surface area (Å²) >= 11 is 0. The zero-order valence-electron chi connectivity index (χ0n) is 14.8. The lowest BCUT2D eigenvalue weighted by Gasteiger charge is -2.10. The molecule has 0 saturated heterocycles. The van der Waals surface area contributed by atoms with Gasteiger partial charge in [-0.25, -0.2) is 9.97 Å². The number of nitrogens with zero attached hydrogens (tertiary/aromatic N) is 2. The van der Waals surface area contributed by atoms with Crippen LogP contribution in [0.5, 0.6) is 11.5 Å². The Morgan fingerprint density at radius 3 is 2.64 bits per heavy atom. The van der Waals surface area contributed by atoms with Crippen LogP contribution in [0.15, 0.2) is 30.5 Å². The SMILES string of the molecule is CCCNc1nccc(C(=O)NCCc2ccc(OC)c(OC)c2)n1. The lowest BCUT2D eigenvalue weighted by Crippen LogP contribution is -2.27. The van der Waals surface area contributed by atoms with Gasteiger partial charge in [-0.3, -0.25) is 4.79 Å². The highest BCUT2D eigenvalue weighted by Gasteiger charge is 2.09. The predicted octanol–water partition coefficient (Wildman–Crippen LogP) is 2.29. The molecule has 1 aromatic heterocycles. The van der Waals surface area contributed by atoms with Gasteiger partial charge in [0.15, 0.2) is 11.5 Å². The molecule has 2 N–H and O–H groups in total. The minimum absolute atomic E-state index is 0.220. The molecule has 0 radical (unpaired) electrons. The van der Waals surface area contributed by atoms with Crippen molar-refractivity contribution in [2.24, 2.45) is 0 Å². The molecule has 134 valence electrons. The number of anilines is 1. The van der Waals surface area contributed by atoms with E-state index in [1.165, 1.54) is 0 Å². The summed E-state index contributed by atoms with van der Waals surface area (Å²) in [6.45, 7) is 3.32. The van der Waals surface area contributed by atoms with E-state index in [1.54, 1.807) is 26.5 Å². The molecule has 0 saturated carbocycles. The van der Waals surface area contributed by atoms with E-state index in [0.29, 0.717) is 36.1 Å². The number of amides is 1. The van der Waals surface area contributed by atoms with Crippen LogP contribution in [0.2, 0.25) is 0 Å². The number of ether oxygens (including phenoxy) is 2. The Morgan fingerprint density at radius 1 is 1.12 bits per heavy atom. The molecular formula is C18H24N4O3. The second-order valence-electron chi connectivity index (χ2n) is 5.39. The van der Waals surface area contributed by atoms with Gasteiger partial charge >= 0.3 is 0 Å². The van der Waals surface area contributed by atoms with E-state index in [4.69, 9.17) is 9.47 Å². The maximum atomic E-state index is 12.2. The molecule has 0 aliphatic rings. The largest absolute Gasteiger partial charge is 0.493 e. The number of benzene rings is 1. The van der Waals surface area contributed by atoms with E-state index in [-0.39, 0.29) is 5.91 Å². The van der Waals surface area contributed by atoms with E-state index < -0.39 is 0 Å². The van der Waals surface area contributed by atoms with Crippen LogP contribution < -0.4 is 20.1 Å². The fourth-order valence-corrected chi connectivity index (χ4v) is 2.25. The standard InChI is InChI=1S/C18H24N4O3/c1-4-9-20-18-21-11-8-14(22-18)17(23)19-10-7-13-5-6-15(24-2)16(12-13)25-3/h5-6,8,11-12H,4,7,9-10H2,1-3H3,(H,19,23)(H,20,21,22). The van der Waals surface area contributed by atoms with Crippen LogP contribution in [0.4, 0.5) is 5.95 Å². The Balaban J connectivity index is 1.90. The maximum absolute atomic E-state index is 12.2. The molecule has 0 unspecified atom stereocenters. The number of nitrogens with one attached hydrogen (secondary N) is 2. The third kappa shape index (κ3) is 5.34. The zero-order chi connectivity index (χ0) is 18.1. The van der Waals surface area contributed by atoms with Crippen molar-refractivity contribution in [1.82, 2.24) is 15.3 Å². The highest BCUT2D eigenvalue weighted by atomic mass is 16.5. The van der Waals surface area contributed by atoms with Crippen LogP contribution >= 0.6 is 0 Å². The fraction of sp³-hybridized carbons (Fsp3) is 0.389. The smallest absolute Gasteiger partial charge is 0.270 e. The number of carbonyl (C=O) groups is 1. The third-order valence-electron chi connectivity index (χ3n) is 3.57. The zero-order valence-corrected chi connectivity index (χ0v) is 14.8. The summed E-state index contributed by atoms with van der Waals surface area (Å²) in [5.41, 5.74) is 1.40. The topological polar surface area (TPSA) is 85.4 Å². The number of carbonyl (C=O) groups excluding carboxylic acids is 1. The molecule has 0 fully saturated rings. The second-order valence-corrected chi connectivity index (χ2v) is 5.39. The lowest BCUT2D eigenvalue weighted by atomic mass is 10.1. The van der Waals surface area contributed by atoms with Crippen molar-refractivity contribution < 1.29 is 14.3 Å². The maximum Gasteiger partial charge on any atom is 0.270 e. The minimum atomic E-state index is -0.220. The van der Waals surface area contributed by atoms with Gasteiger partial charge in [-0.2, -0.15) is 0 Å². The first-order chi connectivity index (χ1) is 12.2. The van der Waals surface area contributed by atoms with Gasteiger partial charge in [-0.1, -0.05) is 13.0 Å². The molecule has 0 spiro atoms. The van der Waals surface area contributed by atoms with Crippen molar-refractivity contribution >= 4 is 11.9 Å². The van der Waals surface area contributed by atoms with Crippen LogP contribution in [0.25, 0.3) is 0 Å². The highest BCUT2D eigenvalue weighted by molar-refractivity contribution is 5.92. The second kappa shape index (κ2) is 9.46. The van der Waals surface area contributed by atoms with Gasteiger partial charge in [-0.05, 0) is 36.6 Å². The summed E-state index contributed by atoms with van der Waals surface area (Å²) < 4.78 is 10.5. The van der Waals surface area contributed by atoms with Crippen LogP contribution in [-0.4, -0.2) is 43.2 Å². The summed E-state index contributed by atoms with van der Waals surface area (Å²) in [6, 6.07) is 7.31. The van der Waals surface area contributed by atoms with Gasteiger partial charge in [0.05, 0.1) is 14.2 Å². The van der Waals surface area contributed by atoms with E-state index in [1.807, 2.05) is 18.2 Å². The lowest BCUT2D eigenvalue weighted by molar-refractivity contribution is 0.0949. The van der Waals surface area contributed by atoms with E-state index in [2.05, 4.69) is 27.5 Å². The number of aromatic nitrogens is 2. The molecular weight excluding hydrogens is 320 g/mol. The van der Waals surface area contributed by atoms with Crippen LogP contribution in [0.1, 0.15) is 29.4 Å². The van der Waals surface area contributed by atoms with Crippen LogP contribution in [0.3, 0.4) is 0 Å².